The number of aromatic nitrogens is 3. The van der Waals surface area contributed by atoms with Gasteiger partial charge in [-0.05, 0) is 74.4 Å². The minimum atomic E-state index is -3.53. The minimum absolute atomic E-state index is 0.346. The third-order valence-corrected chi connectivity index (χ3v) is 7.75. The molecule has 0 unspecified atom stereocenters. The van der Waals surface area contributed by atoms with Crippen LogP contribution < -0.4 is 4.72 Å². The van der Waals surface area contributed by atoms with Gasteiger partial charge in [0.1, 0.15) is 11.3 Å². The molecule has 4 aromatic rings. The van der Waals surface area contributed by atoms with Gasteiger partial charge in [-0.2, -0.15) is 0 Å². The first kappa shape index (κ1) is 21.8. The summed E-state index contributed by atoms with van der Waals surface area (Å²) < 4.78 is 30.6. The Morgan fingerprint density at radius 3 is 2.61 bits per heavy atom. The Balaban J connectivity index is 1.31. The van der Waals surface area contributed by atoms with Gasteiger partial charge in [0.25, 0.3) is 0 Å². The SMILES string of the molecule is Cc1ccc(-c2nc3cccnc3n2CCCNS(=O)(=O)c2ccc3c(c2)CCCC3)cc1. The van der Waals surface area contributed by atoms with E-state index < -0.39 is 10.0 Å². The van der Waals surface area contributed by atoms with E-state index in [1.807, 2.05) is 24.3 Å². The van der Waals surface area contributed by atoms with Gasteiger partial charge in [-0.15, -0.1) is 0 Å². The van der Waals surface area contributed by atoms with E-state index in [1.165, 1.54) is 23.1 Å². The van der Waals surface area contributed by atoms with E-state index >= 15 is 0 Å². The van der Waals surface area contributed by atoms with Crippen LogP contribution in [-0.4, -0.2) is 29.5 Å². The minimum Gasteiger partial charge on any atom is -0.309 e. The molecule has 1 N–H and O–H groups in total. The van der Waals surface area contributed by atoms with E-state index in [-0.39, 0.29) is 0 Å². The van der Waals surface area contributed by atoms with Crippen LogP contribution in [0.2, 0.25) is 0 Å². The van der Waals surface area contributed by atoms with Gasteiger partial charge in [0, 0.05) is 24.8 Å². The highest BCUT2D eigenvalue weighted by Crippen LogP contribution is 2.25. The molecule has 7 heteroatoms. The standard InChI is InChI=1S/C26H28N4O2S/c1-19-9-11-21(12-10-19)25-29-24-8-4-15-27-26(24)30(25)17-5-16-28-33(31,32)23-14-13-20-6-2-3-7-22(20)18-23/h4,8-15,18,28H,2-3,5-7,16-17H2,1H3. The Labute approximate surface area is 194 Å². The van der Waals surface area contributed by atoms with Gasteiger partial charge < -0.3 is 4.57 Å². The summed E-state index contributed by atoms with van der Waals surface area (Å²) in [6.45, 7) is 3.02. The second-order valence-electron chi connectivity index (χ2n) is 8.69. The average Bonchev–Trinajstić information content (AvgIpc) is 3.20. The second kappa shape index (κ2) is 9.08. The molecule has 170 valence electrons. The van der Waals surface area contributed by atoms with Crippen molar-refractivity contribution in [2.24, 2.45) is 0 Å². The fourth-order valence-electron chi connectivity index (χ4n) is 4.50. The molecule has 1 aliphatic carbocycles. The van der Waals surface area contributed by atoms with Crippen LogP contribution in [0.25, 0.3) is 22.6 Å². The van der Waals surface area contributed by atoms with Gasteiger partial charge in [-0.1, -0.05) is 35.9 Å². The lowest BCUT2D eigenvalue weighted by Gasteiger charge is -2.17. The lowest BCUT2D eigenvalue weighted by molar-refractivity contribution is 0.571. The summed E-state index contributed by atoms with van der Waals surface area (Å²) in [6, 6.07) is 17.6. The zero-order valence-electron chi connectivity index (χ0n) is 18.8. The Hall–Kier alpha value is -3.03. The number of imidazole rings is 1. The van der Waals surface area contributed by atoms with Crippen molar-refractivity contribution in [2.45, 2.75) is 50.5 Å². The number of aryl methyl sites for hydroxylation is 4. The fraction of sp³-hybridized carbons (Fsp3) is 0.308. The number of benzene rings is 2. The van der Waals surface area contributed by atoms with Crippen molar-refractivity contribution < 1.29 is 8.42 Å². The summed E-state index contributed by atoms with van der Waals surface area (Å²) in [5.74, 6) is 0.848. The Morgan fingerprint density at radius 2 is 1.79 bits per heavy atom. The van der Waals surface area contributed by atoms with E-state index in [4.69, 9.17) is 4.98 Å². The fourth-order valence-corrected chi connectivity index (χ4v) is 5.62. The van der Waals surface area contributed by atoms with Crippen molar-refractivity contribution in [1.82, 2.24) is 19.3 Å². The monoisotopic (exact) mass is 460 g/mol. The van der Waals surface area contributed by atoms with Gasteiger partial charge in [-0.3, -0.25) is 0 Å². The molecule has 0 fully saturated rings. The van der Waals surface area contributed by atoms with Crippen molar-refractivity contribution in [3.05, 3.63) is 77.5 Å². The third-order valence-electron chi connectivity index (χ3n) is 6.29. The molecule has 1 aliphatic rings. The zero-order chi connectivity index (χ0) is 22.8. The highest BCUT2D eigenvalue weighted by molar-refractivity contribution is 7.89. The van der Waals surface area contributed by atoms with Crippen LogP contribution in [0.4, 0.5) is 0 Å². The molecular weight excluding hydrogens is 432 g/mol. The first-order chi connectivity index (χ1) is 16.0. The molecule has 0 saturated carbocycles. The van der Waals surface area contributed by atoms with Gasteiger partial charge in [0.2, 0.25) is 10.0 Å². The maximum absolute atomic E-state index is 12.9. The molecule has 0 spiro atoms. The van der Waals surface area contributed by atoms with Crippen molar-refractivity contribution in [1.29, 1.82) is 0 Å². The largest absolute Gasteiger partial charge is 0.309 e. The number of pyridine rings is 1. The molecular formula is C26H28N4O2S. The van der Waals surface area contributed by atoms with Crippen LogP contribution in [0, 0.1) is 6.92 Å². The molecule has 33 heavy (non-hydrogen) atoms. The molecule has 2 aromatic carbocycles. The maximum Gasteiger partial charge on any atom is 0.240 e. The van der Waals surface area contributed by atoms with Crippen molar-refractivity contribution in [3.8, 4) is 11.4 Å². The summed E-state index contributed by atoms with van der Waals surface area (Å²) in [4.78, 5) is 9.67. The first-order valence-electron chi connectivity index (χ1n) is 11.5. The van der Waals surface area contributed by atoms with E-state index in [0.717, 1.165) is 41.8 Å². The lowest BCUT2D eigenvalue weighted by atomic mass is 9.92. The van der Waals surface area contributed by atoms with Crippen molar-refractivity contribution in [2.75, 3.05) is 6.54 Å². The number of nitrogens with zero attached hydrogens (tertiary/aromatic N) is 3. The van der Waals surface area contributed by atoms with Crippen molar-refractivity contribution >= 4 is 21.2 Å². The highest BCUT2D eigenvalue weighted by atomic mass is 32.2. The molecule has 0 saturated heterocycles. The molecule has 0 atom stereocenters. The van der Waals surface area contributed by atoms with Crippen LogP contribution in [-0.2, 0) is 29.4 Å². The number of hydrogen-bond donors (Lipinski definition) is 1. The second-order valence-corrected chi connectivity index (χ2v) is 10.5. The Morgan fingerprint density at radius 1 is 1.00 bits per heavy atom. The normalized spacial score (nSPS) is 13.8. The zero-order valence-corrected chi connectivity index (χ0v) is 19.6. The number of rotatable bonds is 7. The predicted molar refractivity (Wildman–Crippen MR) is 131 cm³/mol. The van der Waals surface area contributed by atoms with Gasteiger partial charge >= 0.3 is 0 Å². The van der Waals surface area contributed by atoms with Crippen LogP contribution in [0.5, 0.6) is 0 Å². The number of hydrogen-bond acceptors (Lipinski definition) is 4. The van der Waals surface area contributed by atoms with E-state index in [1.54, 1.807) is 12.3 Å². The molecule has 0 radical (unpaired) electrons. The highest BCUT2D eigenvalue weighted by Gasteiger charge is 2.18. The summed E-state index contributed by atoms with van der Waals surface area (Å²) in [7, 11) is -3.53. The summed E-state index contributed by atoms with van der Waals surface area (Å²) in [5.41, 5.74) is 6.31. The van der Waals surface area contributed by atoms with Crippen molar-refractivity contribution in [3.63, 3.8) is 0 Å². The topological polar surface area (TPSA) is 76.9 Å². The molecule has 2 aromatic heterocycles. The Kier molecular flexibility index (Phi) is 6.00. The molecule has 6 nitrogen and oxygen atoms in total. The van der Waals surface area contributed by atoms with E-state index in [0.29, 0.717) is 24.4 Å². The summed E-state index contributed by atoms with van der Waals surface area (Å²) in [5, 5.41) is 0. The lowest BCUT2D eigenvalue weighted by Crippen LogP contribution is -2.26. The molecule has 0 amide bonds. The van der Waals surface area contributed by atoms with Crippen LogP contribution in [0.15, 0.2) is 65.7 Å². The quantitative estimate of drug-likeness (QED) is 0.407. The molecule has 0 bridgehead atoms. The smallest absolute Gasteiger partial charge is 0.240 e. The predicted octanol–water partition coefficient (Wildman–Crippen LogP) is 4.65. The van der Waals surface area contributed by atoms with Crippen LogP contribution >= 0.6 is 0 Å². The van der Waals surface area contributed by atoms with Crippen LogP contribution in [0.1, 0.15) is 36.0 Å². The van der Waals surface area contributed by atoms with Gasteiger partial charge in [-0.25, -0.2) is 23.1 Å². The third kappa shape index (κ3) is 4.56. The number of sulfonamides is 1. The first-order valence-corrected chi connectivity index (χ1v) is 13.0. The van der Waals surface area contributed by atoms with E-state index in [9.17, 15) is 8.42 Å². The van der Waals surface area contributed by atoms with Gasteiger partial charge in [0.05, 0.1) is 4.90 Å². The molecule has 2 heterocycles. The van der Waals surface area contributed by atoms with Crippen LogP contribution in [0.3, 0.4) is 0 Å². The Bertz CT molecular complexity index is 1390. The van der Waals surface area contributed by atoms with E-state index in [2.05, 4.69) is 45.5 Å². The number of fused-ring (bicyclic) bond motifs is 2. The van der Waals surface area contributed by atoms with Gasteiger partial charge in [0.15, 0.2) is 5.65 Å². The summed E-state index contributed by atoms with van der Waals surface area (Å²) >= 11 is 0. The molecule has 0 aliphatic heterocycles. The summed E-state index contributed by atoms with van der Waals surface area (Å²) in [6.07, 6.45) is 6.70. The average molecular weight is 461 g/mol. The number of nitrogens with one attached hydrogen (secondary N) is 1. The maximum atomic E-state index is 12.9. The molecule has 5 rings (SSSR count).